The van der Waals surface area contributed by atoms with E-state index < -0.39 is 0 Å². The third kappa shape index (κ3) is 4.28. The van der Waals surface area contributed by atoms with Crippen molar-refractivity contribution in [3.63, 3.8) is 0 Å². The summed E-state index contributed by atoms with van der Waals surface area (Å²) in [7, 11) is 0. The molecule has 2 N–H and O–H groups in total. The fourth-order valence-electron chi connectivity index (χ4n) is 2.84. The van der Waals surface area contributed by atoms with Gasteiger partial charge in [-0.1, -0.05) is 12.1 Å². The lowest BCUT2D eigenvalue weighted by Gasteiger charge is -2.35. The molecule has 0 spiro atoms. The summed E-state index contributed by atoms with van der Waals surface area (Å²) in [6.45, 7) is 3.79. The van der Waals surface area contributed by atoms with E-state index in [4.69, 9.17) is 14.2 Å². The van der Waals surface area contributed by atoms with Crippen LogP contribution >= 0.6 is 0 Å². The largest absolute Gasteiger partial charge is 0.486 e. The molecule has 1 aromatic carbocycles. The third-order valence-corrected chi connectivity index (χ3v) is 4.15. The molecule has 1 atom stereocenters. The summed E-state index contributed by atoms with van der Waals surface area (Å²) in [5, 5.41) is 5.83. The van der Waals surface area contributed by atoms with Crippen LogP contribution in [-0.2, 0) is 4.74 Å². The summed E-state index contributed by atoms with van der Waals surface area (Å²) in [6.07, 6.45) is 2.79. The Morgan fingerprint density at radius 3 is 2.87 bits per heavy atom. The molecule has 1 aromatic rings. The first-order valence-electron chi connectivity index (χ1n) is 8.29. The van der Waals surface area contributed by atoms with Crippen LogP contribution in [0.4, 0.5) is 4.79 Å². The third-order valence-electron chi connectivity index (χ3n) is 4.15. The molecule has 1 saturated carbocycles. The zero-order chi connectivity index (χ0) is 16.1. The molecule has 0 bridgehead atoms. The number of hydrogen-bond acceptors (Lipinski definition) is 4. The van der Waals surface area contributed by atoms with E-state index in [0.29, 0.717) is 25.7 Å². The number of urea groups is 1. The Morgan fingerprint density at radius 1 is 1.30 bits per heavy atom. The predicted octanol–water partition coefficient (Wildman–Crippen LogP) is 2.08. The Kier molecular flexibility index (Phi) is 5.23. The molecule has 6 nitrogen and oxygen atoms in total. The summed E-state index contributed by atoms with van der Waals surface area (Å²) >= 11 is 0. The standard InChI is InChI=1S/C17H24N2O4/c1-2-21-14-9-12(10-14)19-17(20)18-8-7-13-11-22-15-5-3-4-6-16(15)23-13/h3-6,12-14H,2,7-11H2,1H3,(H2,18,19,20). The molecule has 126 valence electrons. The lowest BCUT2D eigenvalue weighted by Crippen LogP contribution is -2.51. The average Bonchev–Trinajstić information content (AvgIpc) is 2.53. The fraction of sp³-hybridized carbons (Fsp3) is 0.588. The maximum atomic E-state index is 11.8. The SMILES string of the molecule is CCOC1CC(NC(=O)NCCC2COc3ccccc3O2)C1. The van der Waals surface area contributed by atoms with Crippen molar-refractivity contribution in [2.75, 3.05) is 19.8 Å². The molecule has 1 heterocycles. The summed E-state index contributed by atoms with van der Waals surface area (Å²) in [4.78, 5) is 11.8. The van der Waals surface area contributed by atoms with Gasteiger partial charge in [-0.15, -0.1) is 0 Å². The number of para-hydroxylation sites is 2. The number of carbonyl (C=O) groups is 1. The van der Waals surface area contributed by atoms with Crippen molar-refractivity contribution in [3.8, 4) is 11.5 Å². The van der Waals surface area contributed by atoms with Crippen molar-refractivity contribution in [2.24, 2.45) is 0 Å². The van der Waals surface area contributed by atoms with Crippen LogP contribution in [0.5, 0.6) is 11.5 Å². The lowest BCUT2D eigenvalue weighted by atomic mass is 9.89. The Balaban J connectivity index is 1.31. The molecule has 23 heavy (non-hydrogen) atoms. The van der Waals surface area contributed by atoms with Gasteiger partial charge < -0.3 is 24.8 Å². The second-order valence-corrected chi connectivity index (χ2v) is 5.93. The van der Waals surface area contributed by atoms with Crippen molar-refractivity contribution in [1.82, 2.24) is 10.6 Å². The molecule has 0 aromatic heterocycles. The van der Waals surface area contributed by atoms with Gasteiger partial charge in [-0.2, -0.15) is 0 Å². The maximum absolute atomic E-state index is 11.8. The predicted molar refractivity (Wildman–Crippen MR) is 85.9 cm³/mol. The molecule has 2 amide bonds. The zero-order valence-electron chi connectivity index (χ0n) is 13.4. The first-order valence-corrected chi connectivity index (χ1v) is 8.29. The monoisotopic (exact) mass is 320 g/mol. The van der Waals surface area contributed by atoms with Crippen LogP contribution in [-0.4, -0.2) is 44.0 Å². The van der Waals surface area contributed by atoms with E-state index >= 15 is 0 Å². The van der Waals surface area contributed by atoms with Gasteiger partial charge in [0.05, 0.1) is 6.10 Å². The molecule has 1 unspecified atom stereocenters. The molecule has 0 saturated heterocycles. The Bertz CT molecular complexity index is 531. The topological polar surface area (TPSA) is 68.8 Å². The van der Waals surface area contributed by atoms with Gasteiger partial charge in [-0.05, 0) is 31.9 Å². The van der Waals surface area contributed by atoms with Gasteiger partial charge in [0.1, 0.15) is 12.7 Å². The highest BCUT2D eigenvalue weighted by Crippen LogP contribution is 2.31. The molecule has 3 rings (SSSR count). The van der Waals surface area contributed by atoms with E-state index in [1.165, 1.54) is 0 Å². The minimum Gasteiger partial charge on any atom is -0.486 e. The summed E-state index contributed by atoms with van der Waals surface area (Å²) in [5.74, 6) is 1.55. The van der Waals surface area contributed by atoms with Gasteiger partial charge in [-0.3, -0.25) is 0 Å². The smallest absolute Gasteiger partial charge is 0.315 e. The maximum Gasteiger partial charge on any atom is 0.315 e. The molecule has 1 fully saturated rings. The Morgan fingerprint density at radius 2 is 2.09 bits per heavy atom. The number of nitrogens with one attached hydrogen (secondary N) is 2. The molecule has 1 aliphatic carbocycles. The van der Waals surface area contributed by atoms with E-state index in [9.17, 15) is 4.79 Å². The molecule has 2 aliphatic rings. The van der Waals surface area contributed by atoms with Crippen LogP contribution in [0.15, 0.2) is 24.3 Å². The van der Waals surface area contributed by atoms with Crippen LogP contribution < -0.4 is 20.1 Å². The number of fused-ring (bicyclic) bond motifs is 1. The number of amides is 2. The molecular weight excluding hydrogens is 296 g/mol. The molecular formula is C17H24N2O4. The zero-order valence-corrected chi connectivity index (χ0v) is 13.4. The van der Waals surface area contributed by atoms with Gasteiger partial charge in [-0.25, -0.2) is 4.79 Å². The second kappa shape index (κ2) is 7.55. The van der Waals surface area contributed by atoms with E-state index in [0.717, 1.165) is 30.9 Å². The highest BCUT2D eigenvalue weighted by atomic mass is 16.6. The normalized spacial score (nSPS) is 25.3. The molecule has 0 radical (unpaired) electrons. The number of benzene rings is 1. The van der Waals surface area contributed by atoms with Crippen molar-refractivity contribution < 1.29 is 19.0 Å². The summed E-state index contributed by atoms with van der Waals surface area (Å²) in [6, 6.07) is 7.74. The number of ether oxygens (including phenoxy) is 3. The first-order chi connectivity index (χ1) is 11.2. The fourth-order valence-corrected chi connectivity index (χ4v) is 2.84. The van der Waals surface area contributed by atoms with Crippen LogP contribution in [0.2, 0.25) is 0 Å². The van der Waals surface area contributed by atoms with E-state index in [2.05, 4.69) is 10.6 Å². The highest BCUT2D eigenvalue weighted by Gasteiger charge is 2.30. The van der Waals surface area contributed by atoms with E-state index in [1.807, 2.05) is 31.2 Å². The van der Waals surface area contributed by atoms with Crippen LogP contribution in [0.3, 0.4) is 0 Å². The van der Waals surface area contributed by atoms with Crippen molar-refractivity contribution in [3.05, 3.63) is 24.3 Å². The van der Waals surface area contributed by atoms with E-state index in [-0.39, 0.29) is 18.2 Å². The van der Waals surface area contributed by atoms with Crippen molar-refractivity contribution >= 4 is 6.03 Å². The summed E-state index contributed by atoms with van der Waals surface area (Å²) < 4.78 is 17.0. The van der Waals surface area contributed by atoms with Crippen molar-refractivity contribution in [2.45, 2.75) is 44.4 Å². The van der Waals surface area contributed by atoms with Crippen LogP contribution in [0.1, 0.15) is 26.2 Å². The summed E-state index contributed by atoms with van der Waals surface area (Å²) in [5.41, 5.74) is 0. The second-order valence-electron chi connectivity index (χ2n) is 5.93. The quantitative estimate of drug-likeness (QED) is 0.842. The van der Waals surface area contributed by atoms with Gasteiger partial charge >= 0.3 is 6.03 Å². The van der Waals surface area contributed by atoms with Gasteiger partial charge in [0.15, 0.2) is 11.5 Å². The van der Waals surface area contributed by atoms with E-state index in [1.54, 1.807) is 0 Å². The first kappa shape index (κ1) is 15.9. The van der Waals surface area contributed by atoms with Crippen LogP contribution in [0.25, 0.3) is 0 Å². The van der Waals surface area contributed by atoms with Crippen molar-refractivity contribution in [1.29, 1.82) is 0 Å². The lowest BCUT2D eigenvalue weighted by molar-refractivity contribution is -0.00710. The Hall–Kier alpha value is -1.95. The minimum atomic E-state index is -0.123. The Labute approximate surface area is 136 Å². The number of carbonyl (C=O) groups excluding carboxylic acids is 1. The van der Waals surface area contributed by atoms with Crippen LogP contribution in [0, 0.1) is 0 Å². The van der Waals surface area contributed by atoms with Gasteiger partial charge in [0.25, 0.3) is 0 Å². The molecule has 1 aliphatic heterocycles. The van der Waals surface area contributed by atoms with Gasteiger partial charge in [0, 0.05) is 25.6 Å². The average molecular weight is 320 g/mol. The molecule has 6 heteroatoms. The minimum absolute atomic E-state index is 0.0313. The number of hydrogen-bond donors (Lipinski definition) is 2. The van der Waals surface area contributed by atoms with Gasteiger partial charge in [0.2, 0.25) is 0 Å². The number of rotatable bonds is 6. The highest BCUT2D eigenvalue weighted by molar-refractivity contribution is 5.74.